The number of nitrogens with zero attached hydrogens (tertiary/aromatic N) is 6. The number of nitrogens with one attached hydrogen (secondary N) is 2. The number of benzene rings is 1. The lowest BCUT2D eigenvalue weighted by Gasteiger charge is -2.15. The predicted molar refractivity (Wildman–Crippen MR) is 95.7 cm³/mol. The molecular formula is C17H16N8O. The molecule has 9 heteroatoms. The number of aromatic amines is 1. The average molecular weight is 348 g/mol. The lowest BCUT2D eigenvalue weighted by molar-refractivity contribution is 0.430. The van der Waals surface area contributed by atoms with Crippen LogP contribution in [0.4, 0.5) is 11.8 Å². The molecular weight excluding hydrogens is 332 g/mol. The van der Waals surface area contributed by atoms with Crippen LogP contribution in [0.25, 0.3) is 22.5 Å². The standard InChI is InChI=1S/C17H16N8O/c1-2-4-11(5-3-1)16-22-17(24-26-16)25-7-6-12(9-25)21-14-13-8-20-23-15(13)19-10-18-14/h1-5,8,10,12H,6-7,9H2,(H2,18,19,20,21,23)/t12-/m1/s1. The molecule has 1 fully saturated rings. The molecule has 5 rings (SSSR count). The topological polar surface area (TPSA) is 109 Å². The maximum Gasteiger partial charge on any atom is 0.266 e. The Morgan fingerprint density at radius 1 is 1.19 bits per heavy atom. The highest BCUT2D eigenvalue weighted by Gasteiger charge is 2.27. The van der Waals surface area contributed by atoms with Gasteiger partial charge in [0.25, 0.3) is 11.8 Å². The van der Waals surface area contributed by atoms with Crippen molar-refractivity contribution >= 4 is 22.8 Å². The van der Waals surface area contributed by atoms with Gasteiger partial charge in [0.2, 0.25) is 0 Å². The number of fused-ring (bicyclic) bond motifs is 1. The third-order valence-electron chi connectivity index (χ3n) is 4.50. The molecule has 1 saturated heterocycles. The van der Waals surface area contributed by atoms with Crippen LogP contribution in [0.15, 0.2) is 47.4 Å². The Kier molecular flexibility index (Phi) is 3.48. The molecule has 1 atom stereocenters. The van der Waals surface area contributed by atoms with Gasteiger partial charge in [0.1, 0.15) is 12.1 Å². The smallest absolute Gasteiger partial charge is 0.266 e. The zero-order valence-corrected chi connectivity index (χ0v) is 13.8. The molecule has 0 aliphatic carbocycles. The van der Waals surface area contributed by atoms with Gasteiger partial charge in [-0.2, -0.15) is 10.1 Å². The highest BCUT2D eigenvalue weighted by molar-refractivity contribution is 5.85. The minimum absolute atomic E-state index is 0.238. The minimum atomic E-state index is 0.238. The van der Waals surface area contributed by atoms with Gasteiger partial charge in [0, 0.05) is 24.7 Å². The van der Waals surface area contributed by atoms with E-state index in [1.165, 1.54) is 6.33 Å². The number of aromatic nitrogens is 6. The van der Waals surface area contributed by atoms with Crippen LogP contribution in [-0.4, -0.2) is 49.4 Å². The van der Waals surface area contributed by atoms with Gasteiger partial charge >= 0.3 is 0 Å². The number of hydrogen-bond donors (Lipinski definition) is 2. The number of hydrogen-bond acceptors (Lipinski definition) is 8. The molecule has 0 radical (unpaired) electrons. The van der Waals surface area contributed by atoms with Crippen molar-refractivity contribution in [1.29, 1.82) is 0 Å². The van der Waals surface area contributed by atoms with Gasteiger partial charge in [-0.1, -0.05) is 18.2 Å². The summed E-state index contributed by atoms with van der Waals surface area (Å²) in [6.45, 7) is 1.63. The van der Waals surface area contributed by atoms with Crippen molar-refractivity contribution in [3.05, 3.63) is 42.9 Å². The maximum atomic E-state index is 5.41. The van der Waals surface area contributed by atoms with Crippen molar-refractivity contribution in [2.24, 2.45) is 0 Å². The first-order valence-corrected chi connectivity index (χ1v) is 8.41. The summed E-state index contributed by atoms with van der Waals surface area (Å²) in [7, 11) is 0. The van der Waals surface area contributed by atoms with E-state index in [-0.39, 0.29) is 6.04 Å². The van der Waals surface area contributed by atoms with Gasteiger partial charge in [0.05, 0.1) is 11.6 Å². The monoisotopic (exact) mass is 348 g/mol. The van der Waals surface area contributed by atoms with Crippen LogP contribution in [0.5, 0.6) is 0 Å². The van der Waals surface area contributed by atoms with E-state index in [1.54, 1.807) is 6.20 Å². The Balaban J connectivity index is 1.30. The second kappa shape index (κ2) is 6.10. The molecule has 1 aromatic carbocycles. The van der Waals surface area contributed by atoms with E-state index in [9.17, 15) is 0 Å². The predicted octanol–water partition coefficient (Wildman–Crippen LogP) is 2.09. The van der Waals surface area contributed by atoms with Crippen LogP contribution in [0.1, 0.15) is 6.42 Å². The van der Waals surface area contributed by atoms with Crippen molar-refractivity contribution in [2.45, 2.75) is 12.5 Å². The number of rotatable bonds is 4. The van der Waals surface area contributed by atoms with E-state index in [0.717, 1.165) is 41.9 Å². The van der Waals surface area contributed by atoms with Crippen LogP contribution in [0, 0.1) is 0 Å². The molecule has 1 aliphatic heterocycles. The second-order valence-corrected chi connectivity index (χ2v) is 6.20. The van der Waals surface area contributed by atoms with Crippen molar-refractivity contribution in [3.63, 3.8) is 0 Å². The largest absolute Gasteiger partial charge is 0.365 e. The summed E-state index contributed by atoms with van der Waals surface area (Å²) >= 11 is 0. The van der Waals surface area contributed by atoms with E-state index in [1.807, 2.05) is 30.3 Å². The molecule has 0 spiro atoms. The molecule has 26 heavy (non-hydrogen) atoms. The third-order valence-corrected chi connectivity index (χ3v) is 4.50. The third kappa shape index (κ3) is 2.63. The Morgan fingerprint density at radius 2 is 2.12 bits per heavy atom. The quantitative estimate of drug-likeness (QED) is 0.577. The van der Waals surface area contributed by atoms with Crippen LogP contribution in [-0.2, 0) is 0 Å². The molecule has 3 aromatic heterocycles. The molecule has 2 N–H and O–H groups in total. The van der Waals surface area contributed by atoms with E-state index in [0.29, 0.717) is 11.8 Å². The highest BCUT2D eigenvalue weighted by Crippen LogP contribution is 2.25. The van der Waals surface area contributed by atoms with Gasteiger partial charge in [-0.15, -0.1) is 0 Å². The molecule has 0 bridgehead atoms. The Labute approximate surface area is 148 Å². The highest BCUT2D eigenvalue weighted by atomic mass is 16.5. The molecule has 4 aromatic rings. The fourth-order valence-electron chi connectivity index (χ4n) is 3.18. The van der Waals surface area contributed by atoms with Crippen molar-refractivity contribution < 1.29 is 4.52 Å². The minimum Gasteiger partial charge on any atom is -0.365 e. The lowest BCUT2D eigenvalue weighted by Crippen LogP contribution is -2.27. The van der Waals surface area contributed by atoms with Crippen molar-refractivity contribution in [3.8, 4) is 11.5 Å². The zero-order valence-electron chi connectivity index (χ0n) is 13.8. The number of H-pyrrole nitrogens is 1. The molecule has 130 valence electrons. The van der Waals surface area contributed by atoms with Crippen LogP contribution in [0.2, 0.25) is 0 Å². The van der Waals surface area contributed by atoms with Crippen molar-refractivity contribution in [2.75, 3.05) is 23.3 Å². The van der Waals surface area contributed by atoms with Gasteiger partial charge in [-0.25, -0.2) is 9.97 Å². The molecule has 9 nitrogen and oxygen atoms in total. The molecule has 4 heterocycles. The second-order valence-electron chi connectivity index (χ2n) is 6.20. The summed E-state index contributed by atoms with van der Waals surface area (Å²) in [5, 5.41) is 15.4. The SMILES string of the molecule is c1ccc(-c2nc(N3CC[C@@H](Nc4ncnc5[nH]ncc45)C3)no2)cc1. The first-order chi connectivity index (χ1) is 12.9. The van der Waals surface area contributed by atoms with Gasteiger partial charge in [0.15, 0.2) is 5.65 Å². The zero-order chi connectivity index (χ0) is 17.3. The normalized spacial score (nSPS) is 17.1. The first-order valence-electron chi connectivity index (χ1n) is 8.41. The number of anilines is 2. The van der Waals surface area contributed by atoms with E-state index < -0.39 is 0 Å². The Hall–Kier alpha value is -3.49. The van der Waals surface area contributed by atoms with Gasteiger partial charge < -0.3 is 14.7 Å². The van der Waals surface area contributed by atoms with E-state index in [4.69, 9.17) is 4.52 Å². The average Bonchev–Trinajstić information content (AvgIpc) is 3.43. The fourth-order valence-corrected chi connectivity index (χ4v) is 3.18. The summed E-state index contributed by atoms with van der Waals surface area (Å²) in [6.07, 6.45) is 4.22. The molecule has 0 saturated carbocycles. The Bertz CT molecular complexity index is 1030. The van der Waals surface area contributed by atoms with Gasteiger partial charge in [-0.3, -0.25) is 5.10 Å². The van der Waals surface area contributed by atoms with Crippen LogP contribution < -0.4 is 10.2 Å². The van der Waals surface area contributed by atoms with Crippen molar-refractivity contribution in [1.82, 2.24) is 30.3 Å². The summed E-state index contributed by atoms with van der Waals surface area (Å²) in [6, 6.07) is 10.0. The molecule has 0 unspecified atom stereocenters. The van der Waals surface area contributed by atoms with Crippen LogP contribution >= 0.6 is 0 Å². The maximum absolute atomic E-state index is 5.41. The molecule has 1 aliphatic rings. The summed E-state index contributed by atoms with van der Waals surface area (Å²) in [4.78, 5) is 15.1. The van der Waals surface area contributed by atoms with E-state index >= 15 is 0 Å². The fraction of sp³-hybridized carbons (Fsp3) is 0.235. The lowest BCUT2D eigenvalue weighted by atomic mass is 10.2. The summed E-state index contributed by atoms with van der Waals surface area (Å²) in [5.74, 6) is 1.94. The molecule has 0 amide bonds. The van der Waals surface area contributed by atoms with Crippen LogP contribution in [0.3, 0.4) is 0 Å². The first kappa shape index (κ1) is 14.8. The van der Waals surface area contributed by atoms with Gasteiger partial charge in [-0.05, 0) is 23.7 Å². The summed E-state index contributed by atoms with van der Waals surface area (Å²) in [5.41, 5.74) is 1.64. The Morgan fingerprint density at radius 3 is 3.04 bits per heavy atom. The van der Waals surface area contributed by atoms with E-state index in [2.05, 4.69) is 40.5 Å². The summed E-state index contributed by atoms with van der Waals surface area (Å²) < 4.78 is 5.41.